The van der Waals surface area contributed by atoms with E-state index in [1.807, 2.05) is 59.1 Å². The van der Waals surface area contributed by atoms with E-state index >= 15 is 0 Å². The molecule has 2 aromatic rings. The minimum Gasteiger partial charge on any atom is -0.497 e. The highest BCUT2D eigenvalue weighted by atomic mass is 35.5. The number of hydrogen-bond donors (Lipinski definition) is 1. The first-order valence-corrected chi connectivity index (χ1v) is 10.1. The topological polar surface area (TPSA) is 41.6 Å². The third kappa shape index (κ3) is 4.86. The highest BCUT2D eigenvalue weighted by molar-refractivity contribution is 7.99. The summed E-state index contributed by atoms with van der Waals surface area (Å²) < 4.78 is 5.15. The Balaban J connectivity index is 1.53. The van der Waals surface area contributed by atoms with Gasteiger partial charge < -0.3 is 15.0 Å². The van der Waals surface area contributed by atoms with Crippen molar-refractivity contribution in [3.63, 3.8) is 0 Å². The summed E-state index contributed by atoms with van der Waals surface area (Å²) in [5.74, 6) is 1.72. The van der Waals surface area contributed by atoms with E-state index in [0.717, 1.165) is 41.6 Å². The van der Waals surface area contributed by atoms with Crippen molar-refractivity contribution in [2.75, 3.05) is 26.0 Å². The number of hydrogen-bond acceptors (Lipinski definition) is 3. The molecule has 3 rings (SSSR count). The van der Waals surface area contributed by atoms with Crippen LogP contribution < -0.4 is 10.1 Å². The lowest BCUT2D eigenvalue weighted by molar-refractivity contribution is 0.200. The molecule has 1 aliphatic rings. The molecular weight excluding hydrogens is 368 g/mol. The Morgan fingerprint density at radius 3 is 2.73 bits per heavy atom. The second-order valence-corrected chi connectivity index (χ2v) is 7.88. The van der Waals surface area contributed by atoms with Gasteiger partial charge in [-0.15, -0.1) is 0 Å². The fraction of sp³-hybridized carbons (Fsp3) is 0.350. The fourth-order valence-corrected chi connectivity index (χ4v) is 4.59. The molecule has 2 amide bonds. The SMILES string of the molecule is COc1ccc(CNC(=O)N2CCSC(c3ccccc3Cl)CC2)cc1. The average molecular weight is 391 g/mol. The highest BCUT2D eigenvalue weighted by Gasteiger charge is 2.23. The number of nitrogens with one attached hydrogen (secondary N) is 1. The van der Waals surface area contributed by atoms with E-state index in [9.17, 15) is 4.79 Å². The molecule has 2 aromatic carbocycles. The molecular formula is C20H23ClN2O2S. The molecule has 1 N–H and O–H groups in total. The maximum Gasteiger partial charge on any atom is 0.317 e. The van der Waals surface area contributed by atoms with Gasteiger partial charge >= 0.3 is 6.03 Å². The molecule has 1 saturated heterocycles. The van der Waals surface area contributed by atoms with Crippen molar-refractivity contribution < 1.29 is 9.53 Å². The molecule has 6 heteroatoms. The van der Waals surface area contributed by atoms with Crippen molar-refractivity contribution in [1.29, 1.82) is 0 Å². The Labute approximate surface area is 163 Å². The second-order valence-electron chi connectivity index (χ2n) is 6.16. The van der Waals surface area contributed by atoms with Gasteiger partial charge in [0.05, 0.1) is 7.11 Å². The minimum absolute atomic E-state index is 0.0128. The number of amides is 2. The smallest absolute Gasteiger partial charge is 0.317 e. The molecule has 1 heterocycles. The summed E-state index contributed by atoms with van der Waals surface area (Å²) in [6, 6.07) is 15.7. The number of urea groups is 1. The van der Waals surface area contributed by atoms with Crippen molar-refractivity contribution >= 4 is 29.4 Å². The van der Waals surface area contributed by atoms with Crippen LogP contribution in [0.25, 0.3) is 0 Å². The van der Waals surface area contributed by atoms with Crippen LogP contribution in [0.1, 0.15) is 22.8 Å². The van der Waals surface area contributed by atoms with Gasteiger partial charge in [0.1, 0.15) is 5.75 Å². The molecule has 0 aromatic heterocycles. The van der Waals surface area contributed by atoms with Crippen LogP contribution in [0.15, 0.2) is 48.5 Å². The van der Waals surface area contributed by atoms with Crippen molar-refractivity contribution in [3.8, 4) is 5.75 Å². The number of ether oxygens (including phenoxy) is 1. The summed E-state index contributed by atoms with van der Waals surface area (Å²) in [5.41, 5.74) is 2.22. The lowest BCUT2D eigenvalue weighted by Gasteiger charge is -2.21. The van der Waals surface area contributed by atoms with E-state index in [0.29, 0.717) is 11.8 Å². The van der Waals surface area contributed by atoms with Gasteiger partial charge in [0.15, 0.2) is 0 Å². The molecule has 0 spiro atoms. The minimum atomic E-state index is -0.0128. The first kappa shape index (κ1) is 18.9. The third-order valence-corrected chi connectivity index (χ3v) is 6.14. The predicted octanol–water partition coefficient (Wildman–Crippen LogP) is 4.74. The summed E-state index contributed by atoms with van der Waals surface area (Å²) >= 11 is 8.20. The molecule has 0 bridgehead atoms. The Bertz CT molecular complexity index is 739. The number of nitrogens with zero attached hydrogens (tertiary/aromatic N) is 1. The first-order valence-electron chi connectivity index (χ1n) is 8.69. The van der Waals surface area contributed by atoms with Crippen molar-refractivity contribution in [2.24, 2.45) is 0 Å². The van der Waals surface area contributed by atoms with Crippen LogP contribution in [-0.4, -0.2) is 36.9 Å². The summed E-state index contributed by atoms with van der Waals surface area (Å²) in [5, 5.41) is 4.15. The van der Waals surface area contributed by atoms with Crippen molar-refractivity contribution in [2.45, 2.75) is 18.2 Å². The maximum absolute atomic E-state index is 12.5. The normalized spacial score (nSPS) is 17.5. The third-order valence-electron chi connectivity index (χ3n) is 4.48. The van der Waals surface area contributed by atoms with E-state index in [-0.39, 0.29) is 6.03 Å². The maximum atomic E-state index is 12.5. The number of methoxy groups -OCH3 is 1. The van der Waals surface area contributed by atoms with E-state index in [1.54, 1.807) is 7.11 Å². The van der Waals surface area contributed by atoms with Crippen LogP contribution in [0.2, 0.25) is 5.02 Å². The lowest BCUT2D eigenvalue weighted by Crippen LogP contribution is -2.40. The summed E-state index contributed by atoms with van der Waals surface area (Å²) in [6.07, 6.45) is 0.907. The van der Waals surface area contributed by atoms with Gasteiger partial charge in [-0.25, -0.2) is 4.79 Å². The van der Waals surface area contributed by atoms with Crippen LogP contribution in [0.5, 0.6) is 5.75 Å². The highest BCUT2D eigenvalue weighted by Crippen LogP contribution is 2.37. The van der Waals surface area contributed by atoms with Crippen molar-refractivity contribution in [3.05, 3.63) is 64.7 Å². The molecule has 26 heavy (non-hydrogen) atoms. The molecule has 138 valence electrons. The number of halogens is 1. The van der Waals surface area contributed by atoms with Gasteiger partial charge in [-0.05, 0) is 35.7 Å². The zero-order chi connectivity index (χ0) is 18.4. The quantitative estimate of drug-likeness (QED) is 0.819. The summed E-state index contributed by atoms with van der Waals surface area (Å²) in [6.45, 7) is 2.00. The lowest BCUT2D eigenvalue weighted by atomic mass is 10.1. The molecule has 1 atom stereocenters. The van der Waals surface area contributed by atoms with Crippen LogP contribution in [0.3, 0.4) is 0 Å². The van der Waals surface area contributed by atoms with Gasteiger partial charge in [0.2, 0.25) is 0 Å². The largest absolute Gasteiger partial charge is 0.497 e. The fourth-order valence-electron chi connectivity index (χ4n) is 2.99. The van der Waals surface area contributed by atoms with Crippen LogP contribution in [0, 0.1) is 0 Å². The molecule has 1 fully saturated rings. The van der Waals surface area contributed by atoms with E-state index in [4.69, 9.17) is 16.3 Å². The van der Waals surface area contributed by atoms with Gasteiger partial charge in [-0.2, -0.15) is 11.8 Å². The first-order chi connectivity index (χ1) is 12.7. The Morgan fingerprint density at radius 1 is 1.23 bits per heavy atom. The average Bonchev–Trinajstić information content (AvgIpc) is 2.93. The second kappa shape index (κ2) is 9.19. The summed E-state index contributed by atoms with van der Waals surface area (Å²) in [4.78, 5) is 14.4. The van der Waals surface area contributed by atoms with Gasteiger partial charge in [-0.1, -0.05) is 41.9 Å². The van der Waals surface area contributed by atoms with Gasteiger partial charge in [0.25, 0.3) is 0 Å². The zero-order valence-corrected chi connectivity index (χ0v) is 16.4. The number of thioether (sulfide) groups is 1. The molecule has 0 radical (unpaired) electrons. The molecule has 1 aliphatic heterocycles. The number of benzene rings is 2. The Morgan fingerprint density at radius 2 is 2.00 bits per heavy atom. The molecule has 0 aliphatic carbocycles. The number of rotatable bonds is 4. The van der Waals surface area contributed by atoms with Gasteiger partial charge in [0, 0.05) is 35.7 Å². The van der Waals surface area contributed by atoms with E-state index in [1.165, 1.54) is 5.56 Å². The van der Waals surface area contributed by atoms with Gasteiger partial charge in [-0.3, -0.25) is 0 Å². The molecule has 4 nitrogen and oxygen atoms in total. The van der Waals surface area contributed by atoms with Crippen LogP contribution in [0.4, 0.5) is 4.79 Å². The Kier molecular flexibility index (Phi) is 6.69. The van der Waals surface area contributed by atoms with E-state index < -0.39 is 0 Å². The standard InChI is InChI=1S/C20H23ClN2O2S/c1-25-16-8-6-15(7-9-16)14-22-20(24)23-11-10-19(26-13-12-23)17-4-2-3-5-18(17)21/h2-9,19H,10-14H2,1H3,(H,22,24). The monoisotopic (exact) mass is 390 g/mol. The Hall–Kier alpha value is -1.85. The number of carbonyl (C=O) groups is 1. The zero-order valence-electron chi connectivity index (χ0n) is 14.8. The van der Waals surface area contributed by atoms with Crippen LogP contribution in [-0.2, 0) is 6.54 Å². The predicted molar refractivity (Wildman–Crippen MR) is 108 cm³/mol. The molecule has 1 unspecified atom stereocenters. The van der Waals surface area contributed by atoms with Crippen LogP contribution >= 0.6 is 23.4 Å². The summed E-state index contributed by atoms with van der Waals surface area (Å²) in [7, 11) is 1.64. The number of carbonyl (C=O) groups excluding carboxylic acids is 1. The van der Waals surface area contributed by atoms with Crippen molar-refractivity contribution in [1.82, 2.24) is 10.2 Å². The molecule has 0 saturated carbocycles. The van der Waals surface area contributed by atoms with E-state index in [2.05, 4.69) is 11.4 Å².